The highest BCUT2D eigenvalue weighted by Gasteiger charge is 2.16. The Morgan fingerprint density at radius 1 is 1.06 bits per heavy atom. The van der Waals surface area contributed by atoms with Crippen LogP contribution in [0.5, 0.6) is 11.6 Å². The molecule has 10 heteroatoms. The highest BCUT2D eigenvalue weighted by Crippen LogP contribution is 2.24. The molecule has 2 aromatic carbocycles. The first kappa shape index (κ1) is 23.1. The zero-order chi connectivity index (χ0) is 24.4. The van der Waals surface area contributed by atoms with Gasteiger partial charge in [-0.05, 0) is 55.0 Å². The lowest BCUT2D eigenvalue weighted by Crippen LogP contribution is -2.34. The fourth-order valence-corrected chi connectivity index (χ4v) is 3.65. The molecule has 0 radical (unpaired) electrons. The number of carbonyl (C=O) groups excluding carboxylic acids is 1. The highest BCUT2D eigenvalue weighted by atomic mass is 35.5. The van der Waals surface area contributed by atoms with Crippen LogP contribution in [0.1, 0.15) is 28.9 Å². The summed E-state index contributed by atoms with van der Waals surface area (Å²) in [6.45, 7) is 1.85. The van der Waals surface area contributed by atoms with Gasteiger partial charge >= 0.3 is 5.69 Å². The number of hydrogen-bond donors (Lipinski definition) is 2. The van der Waals surface area contributed by atoms with Crippen molar-refractivity contribution in [3.63, 3.8) is 0 Å². The van der Waals surface area contributed by atoms with Gasteiger partial charge < -0.3 is 19.8 Å². The topological polar surface area (TPSA) is 115 Å². The molecule has 2 aromatic heterocycles. The van der Waals surface area contributed by atoms with Crippen molar-refractivity contribution in [3.05, 3.63) is 91.6 Å². The van der Waals surface area contributed by atoms with Crippen LogP contribution in [-0.2, 0) is 0 Å². The lowest BCUT2D eigenvalue weighted by Gasteiger charge is -2.15. The second-order valence-electron chi connectivity index (χ2n) is 7.46. The summed E-state index contributed by atoms with van der Waals surface area (Å²) in [6.07, 6.45) is 0. The zero-order valence-electron chi connectivity index (χ0n) is 18.6. The maximum atomic E-state index is 13.1. The summed E-state index contributed by atoms with van der Waals surface area (Å²) in [4.78, 5) is 45.5. The normalized spacial score (nSPS) is 11.8. The van der Waals surface area contributed by atoms with Gasteiger partial charge in [-0.3, -0.25) is 9.59 Å². The molecular formula is C24H21ClN4O5. The lowest BCUT2D eigenvalue weighted by atomic mass is 10.1. The van der Waals surface area contributed by atoms with E-state index in [1.165, 1.54) is 38.5 Å². The van der Waals surface area contributed by atoms with Gasteiger partial charge in [0.05, 0.1) is 31.2 Å². The number of amides is 1. The van der Waals surface area contributed by atoms with E-state index < -0.39 is 11.2 Å². The minimum Gasteiger partial charge on any atom is -0.491 e. The number of hydrogen-bond acceptors (Lipinski definition) is 6. The molecular weight excluding hydrogens is 460 g/mol. The number of aromatic amines is 1. The molecule has 2 N–H and O–H groups in total. The molecule has 1 atom stereocenters. The molecule has 4 aromatic rings. The Hall–Kier alpha value is -4.11. The Balaban J connectivity index is 1.68. The van der Waals surface area contributed by atoms with Gasteiger partial charge in [0, 0.05) is 10.6 Å². The van der Waals surface area contributed by atoms with Gasteiger partial charge in [-0.1, -0.05) is 23.7 Å². The minimum absolute atomic E-state index is 0.0735. The summed E-state index contributed by atoms with van der Waals surface area (Å²) in [6, 6.07) is 14.4. The van der Waals surface area contributed by atoms with Crippen LogP contribution in [0.2, 0.25) is 5.02 Å². The van der Waals surface area contributed by atoms with Crippen LogP contribution in [0.15, 0.2) is 64.2 Å². The third-order valence-electron chi connectivity index (χ3n) is 5.33. The summed E-state index contributed by atoms with van der Waals surface area (Å²) in [7, 11) is 2.86. The Bertz CT molecular complexity index is 1490. The molecule has 34 heavy (non-hydrogen) atoms. The summed E-state index contributed by atoms with van der Waals surface area (Å²) in [5, 5.41) is 3.72. The first-order valence-electron chi connectivity index (χ1n) is 10.3. The SMILES string of the molecule is COc1ccc(-n2c(=O)[nH]c3cc(C(=O)N[C@H](C)c4ccc(Cl)cc4)ccc3c2=O)nc1OC. The molecule has 0 fully saturated rings. The van der Waals surface area contributed by atoms with Gasteiger partial charge in [0.25, 0.3) is 17.3 Å². The molecule has 0 saturated heterocycles. The average molecular weight is 481 g/mol. The Morgan fingerprint density at radius 2 is 1.79 bits per heavy atom. The number of ether oxygens (including phenoxy) is 2. The number of benzene rings is 2. The van der Waals surface area contributed by atoms with Gasteiger partial charge in [0.2, 0.25) is 0 Å². The molecule has 0 unspecified atom stereocenters. The number of methoxy groups -OCH3 is 2. The van der Waals surface area contributed by atoms with Crippen LogP contribution in [0.4, 0.5) is 0 Å². The summed E-state index contributed by atoms with van der Waals surface area (Å²) in [5.74, 6) is 0.216. The number of halogens is 1. The van der Waals surface area contributed by atoms with Crippen LogP contribution in [0.25, 0.3) is 16.7 Å². The number of rotatable bonds is 6. The predicted octanol–water partition coefficient (Wildman–Crippen LogP) is 3.24. The minimum atomic E-state index is -0.704. The summed E-state index contributed by atoms with van der Waals surface area (Å²) >= 11 is 5.92. The average Bonchev–Trinajstić information content (AvgIpc) is 2.83. The van der Waals surface area contributed by atoms with Crippen LogP contribution in [0, 0.1) is 0 Å². The fourth-order valence-electron chi connectivity index (χ4n) is 3.53. The van der Waals surface area contributed by atoms with Crippen LogP contribution < -0.4 is 26.0 Å². The third-order valence-corrected chi connectivity index (χ3v) is 5.58. The van der Waals surface area contributed by atoms with E-state index in [9.17, 15) is 14.4 Å². The number of aromatic nitrogens is 3. The molecule has 0 aliphatic rings. The Labute approximate surface area is 198 Å². The predicted molar refractivity (Wildman–Crippen MR) is 128 cm³/mol. The fraction of sp³-hybridized carbons (Fsp3) is 0.167. The van der Waals surface area contributed by atoms with Crippen LogP contribution in [0.3, 0.4) is 0 Å². The molecule has 0 bridgehead atoms. The van der Waals surface area contributed by atoms with Gasteiger partial charge in [-0.2, -0.15) is 4.98 Å². The summed E-state index contributed by atoms with van der Waals surface area (Å²) in [5.41, 5.74) is 0.130. The van der Waals surface area contributed by atoms with Crippen LogP contribution in [-0.4, -0.2) is 34.7 Å². The first-order valence-corrected chi connectivity index (χ1v) is 10.6. The third kappa shape index (κ3) is 4.38. The van der Waals surface area contributed by atoms with Gasteiger partial charge in [0.15, 0.2) is 5.75 Å². The van der Waals surface area contributed by atoms with E-state index in [0.717, 1.165) is 10.1 Å². The molecule has 9 nitrogen and oxygen atoms in total. The molecule has 0 aliphatic heterocycles. The van der Waals surface area contributed by atoms with Crippen molar-refractivity contribution in [1.29, 1.82) is 0 Å². The van der Waals surface area contributed by atoms with Crippen molar-refractivity contribution in [2.75, 3.05) is 14.2 Å². The van der Waals surface area contributed by atoms with Gasteiger partial charge in [-0.25, -0.2) is 9.36 Å². The van der Waals surface area contributed by atoms with Crippen molar-refractivity contribution in [1.82, 2.24) is 19.9 Å². The quantitative estimate of drug-likeness (QED) is 0.438. The standard InChI is InChI=1S/C24H21ClN4O5/c1-13(14-4-7-16(25)8-5-14)26-21(30)15-6-9-17-18(12-15)27-24(32)29(23(17)31)20-11-10-19(33-2)22(28-20)34-3/h4-13H,1-3H3,(H,26,30)(H,27,32)/t13-/m1/s1. The van der Waals surface area contributed by atoms with Crippen molar-refractivity contribution in [2.24, 2.45) is 0 Å². The van der Waals surface area contributed by atoms with E-state index in [2.05, 4.69) is 15.3 Å². The second-order valence-corrected chi connectivity index (χ2v) is 7.90. The van der Waals surface area contributed by atoms with E-state index in [1.807, 2.05) is 19.1 Å². The smallest absolute Gasteiger partial charge is 0.334 e. The molecule has 0 spiro atoms. The van der Waals surface area contributed by atoms with E-state index in [4.69, 9.17) is 21.1 Å². The van der Waals surface area contributed by atoms with Crippen molar-refractivity contribution in [3.8, 4) is 17.4 Å². The Kier molecular flexibility index (Phi) is 6.38. The Morgan fingerprint density at radius 3 is 2.47 bits per heavy atom. The van der Waals surface area contributed by atoms with E-state index in [0.29, 0.717) is 16.3 Å². The number of fused-ring (bicyclic) bond motifs is 1. The van der Waals surface area contributed by atoms with E-state index in [1.54, 1.807) is 18.2 Å². The second kappa shape index (κ2) is 9.40. The van der Waals surface area contributed by atoms with Crippen molar-refractivity contribution < 1.29 is 14.3 Å². The van der Waals surface area contributed by atoms with E-state index >= 15 is 0 Å². The molecule has 4 rings (SSSR count). The summed E-state index contributed by atoms with van der Waals surface area (Å²) < 4.78 is 11.2. The molecule has 1 amide bonds. The number of nitrogens with zero attached hydrogens (tertiary/aromatic N) is 2. The zero-order valence-corrected chi connectivity index (χ0v) is 19.3. The molecule has 0 aliphatic carbocycles. The van der Waals surface area contributed by atoms with Crippen molar-refractivity contribution >= 4 is 28.4 Å². The largest absolute Gasteiger partial charge is 0.491 e. The maximum Gasteiger partial charge on any atom is 0.334 e. The lowest BCUT2D eigenvalue weighted by molar-refractivity contribution is 0.0940. The maximum absolute atomic E-state index is 13.1. The molecule has 2 heterocycles. The van der Waals surface area contributed by atoms with Gasteiger partial charge in [0.1, 0.15) is 5.82 Å². The van der Waals surface area contributed by atoms with E-state index in [-0.39, 0.29) is 34.5 Å². The van der Waals surface area contributed by atoms with Gasteiger partial charge in [-0.15, -0.1) is 0 Å². The monoisotopic (exact) mass is 480 g/mol. The molecule has 174 valence electrons. The van der Waals surface area contributed by atoms with Crippen molar-refractivity contribution in [2.45, 2.75) is 13.0 Å². The number of H-pyrrole nitrogens is 1. The number of carbonyl (C=O) groups is 1. The number of pyridine rings is 1. The van der Waals surface area contributed by atoms with Crippen LogP contribution >= 0.6 is 11.6 Å². The molecule has 0 saturated carbocycles. The number of nitrogens with one attached hydrogen (secondary N) is 2. The first-order chi connectivity index (χ1) is 16.3. The highest BCUT2D eigenvalue weighted by molar-refractivity contribution is 6.30.